The average molecular weight is 422 g/mol. The molecular weight excluding hydrogens is 394 g/mol. The first-order valence-electron chi connectivity index (χ1n) is 10.3. The SMILES string of the molecule is COc1ccc(Oc2nc(N(C[C@@H]3CCCN3)c3ccc(OC)cc3)ncc2N)cc1. The van der Waals surface area contributed by atoms with Gasteiger partial charge in [0.05, 0.1) is 20.4 Å². The summed E-state index contributed by atoms with van der Waals surface area (Å²) in [6.45, 7) is 1.76. The molecule has 162 valence electrons. The van der Waals surface area contributed by atoms with Gasteiger partial charge in [-0.05, 0) is 67.9 Å². The lowest BCUT2D eigenvalue weighted by molar-refractivity contribution is 0.412. The van der Waals surface area contributed by atoms with Crippen LogP contribution in [0.5, 0.6) is 23.1 Å². The first-order chi connectivity index (χ1) is 15.2. The number of nitrogen functional groups attached to an aromatic ring is 1. The molecule has 4 rings (SSSR count). The summed E-state index contributed by atoms with van der Waals surface area (Å²) in [7, 11) is 3.28. The molecule has 0 unspecified atom stereocenters. The molecule has 2 heterocycles. The third-order valence-electron chi connectivity index (χ3n) is 5.23. The predicted octanol–water partition coefficient (Wildman–Crippen LogP) is 3.76. The second-order valence-corrected chi connectivity index (χ2v) is 7.31. The Bertz CT molecular complexity index is 989. The molecule has 0 bridgehead atoms. The molecule has 1 aromatic heterocycles. The van der Waals surface area contributed by atoms with Crippen LogP contribution in [-0.2, 0) is 0 Å². The normalized spacial score (nSPS) is 15.5. The number of hydrogen-bond acceptors (Lipinski definition) is 8. The largest absolute Gasteiger partial charge is 0.497 e. The van der Waals surface area contributed by atoms with E-state index in [1.54, 1.807) is 20.4 Å². The fraction of sp³-hybridized carbons (Fsp3) is 0.304. The Kier molecular flexibility index (Phi) is 6.37. The highest BCUT2D eigenvalue weighted by Gasteiger charge is 2.22. The molecule has 8 nitrogen and oxygen atoms in total. The maximum Gasteiger partial charge on any atom is 0.247 e. The van der Waals surface area contributed by atoms with Crippen molar-refractivity contribution in [3.63, 3.8) is 0 Å². The van der Waals surface area contributed by atoms with Crippen molar-refractivity contribution in [2.45, 2.75) is 18.9 Å². The van der Waals surface area contributed by atoms with Gasteiger partial charge in [0.25, 0.3) is 0 Å². The summed E-state index contributed by atoms with van der Waals surface area (Å²) < 4.78 is 16.4. The highest BCUT2D eigenvalue weighted by Crippen LogP contribution is 2.31. The van der Waals surface area contributed by atoms with Crippen molar-refractivity contribution in [1.29, 1.82) is 0 Å². The minimum Gasteiger partial charge on any atom is -0.497 e. The molecule has 8 heteroatoms. The van der Waals surface area contributed by atoms with Gasteiger partial charge in [0, 0.05) is 18.3 Å². The summed E-state index contributed by atoms with van der Waals surface area (Å²) in [6.07, 6.45) is 3.85. The molecule has 1 atom stereocenters. The predicted molar refractivity (Wildman–Crippen MR) is 121 cm³/mol. The second kappa shape index (κ2) is 9.53. The van der Waals surface area contributed by atoms with Crippen molar-refractivity contribution in [2.24, 2.45) is 0 Å². The number of nitrogens with zero attached hydrogens (tertiary/aromatic N) is 3. The zero-order valence-corrected chi connectivity index (χ0v) is 17.7. The van der Waals surface area contributed by atoms with Gasteiger partial charge < -0.3 is 30.2 Å². The quantitative estimate of drug-likeness (QED) is 0.568. The number of rotatable bonds is 8. The molecule has 1 saturated heterocycles. The molecule has 1 aliphatic rings. The van der Waals surface area contributed by atoms with E-state index in [0.717, 1.165) is 43.1 Å². The van der Waals surface area contributed by atoms with Gasteiger partial charge in [-0.25, -0.2) is 4.98 Å². The van der Waals surface area contributed by atoms with E-state index in [2.05, 4.69) is 20.2 Å². The first-order valence-corrected chi connectivity index (χ1v) is 10.3. The molecule has 3 N–H and O–H groups in total. The number of anilines is 3. The Hall–Kier alpha value is -3.52. The Balaban J connectivity index is 1.63. The van der Waals surface area contributed by atoms with E-state index < -0.39 is 0 Å². The van der Waals surface area contributed by atoms with Crippen LogP contribution in [0.4, 0.5) is 17.3 Å². The van der Waals surface area contributed by atoms with E-state index in [9.17, 15) is 0 Å². The van der Waals surface area contributed by atoms with Gasteiger partial charge in [0.15, 0.2) is 0 Å². The molecule has 0 saturated carbocycles. The molecule has 0 spiro atoms. The summed E-state index contributed by atoms with van der Waals surface area (Å²) >= 11 is 0. The summed E-state index contributed by atoms with van der Waals surface area (Å²) in [5.41, 5.74) is 7.45. The lowest BCUT2D eigenvalue weighted by atomic mass is 10.2. The van der Waals surface area contributed by atoms with E-state index in [-0.39, 0.29) is 0 Å². The molecule has 1 fully saturated rings. The van der Waals surface area contributed by atoms with E-state index in [4.69, 9.17) is 19.9 Å². The minimum absolute atomic E-state index is 0.313. The highest BCUT2D eigenvalue weighted by atomic mass is 16.5. The fourth-order valence-corrected chi connectivity index (χ4v) is 3.53. The molecule has 1 aliphatic heterocycles. The van der Waals surface area contributed by atoms with Crippen LogP contribution in [0.1, 0.15) is 12.8 Å². The van der Waals surface area contributed by atoms with E-state index in [0.29, 0.717) is 29.3 Å². The van der Waals surface area contributed by atoms with Crippen LogP contribution in [0.25, 0.3) is 0 Å². The van der Waals surface area contributed by atoms with Crippen LogP contribution in [0.2, 0.25) is 0 Å². The molecule has 0 radical (unpaired) electrons. The Labute approximate surface area is 182 Å². The molecule has 3 aromatic rings. The van der Waals surface area contributed by atoms with Crippen molar-refractivity contribution in [2.75, 3.05) is 37.9 Å². The third-order valence-corrected chi connectivity index (χ3v) is 5.23. The van der Waals surface area contributed by atoms with Crippen molar-refractivity contribution in [1.82, 2.24) is 15.3 Å². The topological polar surface area (TPSA) is 94.8 Å². The zero-order valence-electron chi connectivity index (χ0n) is 17.7. The number of aromatic nitrogens is 2. The first kappa shape index (κ1) is 20.7. The number of benzene rings is 2. The lowest BCUT2D eigenvalue weighted by Gasteiger charge is -2.26. The maximum absolute atomic E-state index is 6.11. The molecule has 0 amide bonds. The highest BCUT2D eigenvalue weighted by molar-refractivity contribution is 5.61. The summed E-state index contributed by atoms with van der Waals surface area (Å²) in [6, 6.07) is 15.5. The minimum atomic E-state index is 0.313. The number of methoxy groups -OCH3 is 2. The Morgan fingerprint density at radius 1 is 1.00 bits per heavy atom. The van der Waals surface area contributed by atoms with E-state index in [1.807, 2.05) is 48.5 Å². The van der Waals surface area contributed by atoms with Gasteiger partial charge in [0.2, 0.25) is 11.8 Å². The van der Waals surface area contributed by atoms with E-state index >= 15 is 0 Å². The summed E-state index contributed by atoms with van der Waals surface area (Å²) in [5.74, 6) is 3.00. The van der Waals surface area contributed by atoms with Gasteiger partial charge in [0.1, 0.15) is 22.9 Å². The molecule has 0 aliphatic carbocycles. The number of hydrogen-bond donors (Lipinski definition) is 2. The van der Waals surface area contributed by atoms with Gasteiger partial charge >= 0.3 is 0 Å². The molecule has 31 heavy (non-hydrogen) atoms. The monoisotopic (exact) mass is 421 g/mol. The Morgan fingerprint density at radius 2 is 1.65 bits per heavy atom. The van der Waals surface area contributed by atoms with Gasteiger partial charge in [-0.1, -0.05) is 0 Å². The summed E-state index contributed by atoms with van der Waals surface area (Å²) in [4.78, 5) is 11.2. The summed E-state index contributed by atoms with van der Waals surface area (Å²) in [5, 5.41) is 3.54. The number of nitrogens with two attached hydrogens (primary N) is 1. The zero-order chi connectivity index (χ0) is 21.6. The van der Waals surface area contributed by atoms with Crippen molar-refractivity contribution in [3.8, 4) is 23.1 Å². The van der Waals surface area contributed by atoms with Crippen LogP contribution < -0.4 is 30.2 Å². The third kappa shape index (κ3) is 4.97. The average Bonchev–Trinajstić information content (AvgIpc) is 3.33. The van der Waals surface area contributed by atoms with Crippen LogP contribution >= 0.6 is 0 Å². The number of ether oxygens (including phenoxy) is 3. The van der Waals surface area contributed by atoms with Crippen molar-refractivity contribution >= 4 is 17.3 Å². The van der Waals surface area contributed by atoms with Crippen LogP contribution in [0, 0.1) is 0 Å². The smallest absolute Gasteiger partial charge is 0.247 e. The lowest BCUT2D eigenvalue weighted by Crippen LogP contribution is -2.35. The van der Waals surface area contributed by atoms with Crippen molar-refractivity contribution in [3.05, 3.63) is 54.7 Å². The van der Waals surface area contributed by atoms with E-state index in [1.165, 1.54) is 0 Å². The fourth-order valence-electron chi connectivity index (χ4n) is 3.53. The maximum atomic E-state index is 6.11. The van der Waals surface area contributed by atoms with Gasteiger partial charge in [-0.2, -0.15) is 4.98 Å². The van der Waals surface area contributed by atoms with Crippen LogP contribution in [0.3, 0.4) is 0 Å². The second-order valence-electron chi connectivity index (χ2n) is 7.31. The van der Waals surface area contributed by atoms with Crippen molar-refractivity contribution < 1.29 is 14.2 Å². The number of nitrogens with one attached hydrogen (secondary N) is 1. The van der Waals surface area contributed by atoms with Crippen LogP contribution in [-0.4, -0.2) is 43.3 Å². The molecule has 2 aromatic carbocycles. The van der Waals surface area contributed by atoms with Crippen LogP contribution in [0.15, 0.2) is 54.7 Å². The van der Waals surface area contributed by atoms with Gasteiger partial charge in [-0.15, -0.1) is 0 Å². The standard InChI is InChI=1S/C23H27N5O3/c1-29-18-7-5-17(6-8-18)28(15-16-4-3-13-25-16)23-26-14-21(24)22(27-23)31-20-11-9-19(30-2)10-12-20/h5-12,14,16,25H,3-4,13,15,24H2,1-2H3/t16-/m0/s1. The Morgan fingerprint density at radius 3 is 2.26 bits per heavy atom. The molecular formula is C23H27N5O3. The van der Waals surface area contributed by atoms with Gasteiger partial charge in [-0.3, -0.25) is 0 Å².